The first-order valence-electron chi connectivity index (χ1n) is 4.57. The third-order valence-corrected chi connectivity index (χ3v) is 1.29. The fourth-order valence-electron chi connectivity index (χ4n) is 0.646. The van der Waals surface area contributed by atoms with Crippen molar-refractivity contribution in [3.63, 3.8) is 0 Å². The molecule has 0 unspecified atom stereocenters. The summed E-state index contributed by atoms with van der Waals surface area (Å²) in [4.78, 5) is 19.8. The maximum absolute atomic E-state index is 10.6. The lowest BCUT2D eigenvalue weighted by molar-refractivity contribution is -0.128. The summed E-state index contributed by atoms with van der Waals surface area (Å²) < 4.78 is 4.81. The number of aldehydes is 1. The van der Waals surface area contributed by atoms with E-state index in [2.05, 4.69) is 6.58 Å². The number of ether oxygens (including phenoxy) is 1. The van der Waals surface area contributed by atoms with Crippen LogP contribution < -0.4 is 4.74 Å². The zero-order valence-corrected chi connectivity index (χ0v) is 8.68. The van der Waals surface area contributed by atoms with Crippen molar-refractivity contribution in [3.8, 4) is 5.75 Å². The quantitative estimate of drug-likeness (QED) is 0.330. The molecule has 3 nitrogen and oxygen atoms in total. The SMILES string of the molecule is C=CC(=O)Oc1ccccc1.CCC=O. The minimum Gasteiger partial charge on any atom is -0.423 e. The van der Waals surface area contributed by atoms with Gasteiger partial charge in [0.25, 0.3) is 0 Å². The highest BCUT2D eigenvalue weighted by atomic mass is 16.5. The van der Waals surface area contributed by atoms with Gasteiger partial charge in [-0.15, -0.1) is 0 Å². The van der Waals surface area contributed by atoms with Gasteiger partial charge in [0.15, 0.2) is 0 Å². The van der Waals surface area contributed by atoms with Crippen LogP contribution in [0.4, 0.5) is 0 Å². The third kappa shape index (κ3) is 7.19. The standard InChI is InChI=1S/C9H8O2.C3H6O/c1-2-9(10)11-8-6-4-3-5-7-8;1-2-3-4/h2-7H,1H2;3H,2H2,1H3. The lowest BCUT2D eigenvalue weighted by atomic mass is 10.3. The highest BCUT2D eigenvalue weighted by molar-refractivity contribution is 5.83. The predicted molar refractivity (Wildman–Crippen MR) is 58.6 cm³/mol. The first-order chi connectivity index (χ1) is 7.24. The van der Waals surface area contributed by atoms with Crippen LogP contribution in [0.15, 0.2) is 43.0 Å². The van der Waals surface area contributed by atoms with E-state index >= 15 is 0 Å². The first-order valence-corrected chi connectivity index (χ1v) is 4.57. The molecule has 0 spiro atoms. The second kappa shape index (κ2) is 8.69. The van der Waals surface area contributed by atoms with Crippen LogP contribution in [0.1, 0.15) is 13.3 Å². The molecule has 0 atom stereocenters. The number of hydrogen-bond donors (Lipinski definition) is 0. The van der Waals surface area contributed by atoms with Crippen LogP contribution in [0.3, 0.4) is 0 Å². The van der Waals surface area contributed by atoms with Crippen LogP contribution in [-0.2, 0) is 9.59 Å². The fraction of sp³-hybridized carbons (Fsp3) is 0.167. The predicted octanol–water partition coefficient (Wildman–Crippen LogP) is 2.37. The Bertz CT molecular complexity index is 304. The van der Waals surface area contributed by atoms with Crippen molar-refractivity contribution in [1.29, 1.82) is 0 Å². The number of carbonyl (C=O) groups excluding carboxylic acids is 2. The van der Waals surface area contributed by atoms with E-state index in [-0.39, 0.29) is 0 Å². The molecule has 0 radical (unpaired) electrons. The summed E-state index contributed by atoms with van der Waals surface area (Å²) in [7, 11) is 0. The molecule has 0 saturated carbocycles. The summed E-state index contributed by atoms with van der Waals surface area (Å²) in [5.74, 6) is 0.105. The number of benzene rings is 1. The molecule has 0 aliphatic rings. The summed E-state index contributed by atoms with van der Waals surface area (Å²) in [5, 5.41) is 0. The number of carbonyl (C=O) groups is 2. The van der Waals surface area contributed by atoms with Crippen molar-refractivity contribution >= 4 is 12.3 Å². The van der Waals surface area contributed by atoms with Crippen LogP contribution in [-0.4, -0.2) is 12.3 Å². The van der Waals surface area contributed by atoms with Gasteiger partial charge >= 0.3 is 5.97 Å². The van der Waals surface area contributed by atoms with E-state index in [1.165, 1.54) is 0 Å². The molecule has 0 amide bonds. The Hall–Kier alpha value is -1.90. The smallest absolute Gasteiger partial charge is 0.335 e. The number of hydrogen-bond acceptors (Lipinski definition) is 3. The average molecular weight is 206 g/mol. The molecular weight excluding hydrogens is 192 g/mol. The summed E-state index contributed by atoms with van der Waals surface area (Å²) in [6.45, 7) is 5.09. The molecule has 0 aromatic heterocycles. The van der Waals surface area contributed by atoms with Crippen molar-refractivity contribution in [2.24, 2.45) is 0 Å². The largest absolute Gasteiger partial charge is 0.423 e. The van der Waals surface area contributed by atoms with Gasteiger partial charge in [0.1, 0.15) is 12.0 Å². The van der Waals surface area contributed by atoms with Gasteiger partial charge in [-0.2, -0.15) is 0 Å². The third-order valence-electron chi connectivity index (χ3n) is 1.29. The Morgan fingerprint density at radius 1 is 1.40 bits per heavy atom. The van der Waals surface area contributed by atoms with E-state index in [1.54, 1.807) is 24.3 Å². The van der Waals surface area contributed by atoms with Gasteiger partial charge in [-0.25, -0.2) is 4.79 Å². The Morgan fingerprint density at radius 3 is 2.33 bits per heavy atom. The number of esters is 1. The minimum atomic E-state index is -0.434. The van der Waals surface area contributed by atoms with E-state index < -0.39 is 5.97 Å². The van der Waals surface area contributed by atoms with Crippen LogP contribution in [0.5, 0.6) is 5.75 Å². The summed E-state index contributed by atoms with van der Waals surface area (Å²) in [6.07, 6.45) is 2.65. The number of rotatable bonds is 3. The Balaban J connectivity index is 0.000000423. The average Bonchev–Trinajstić information content (AvgIpc) is 2.30. The maximum atomic E-state index is 10.6. The van der Waals surface area contributed by atoms with Crippen molar-refractivity contribution < 1.29 is 14.3 Å². The summed E-state index contributed by atoms with van der Waals surface area (Å²) >= 11 is 0. The summed E-state index contributed by atoms with van der Waals surface area (Å²) in [5.41, 5.74) is 0. The van der Waals surface area contributed by atoms with Crippen LogP contribution in [0.2, 0.25) is 0 Å². The van der Waals surface area contributed by atoms with Crippen molar-refractivity contribution in [2.75, 3.05) is 0 Å². The van der Waals surface area contributed by atoms with Gasteiger partial charge < -0.3 is 9.53 Å². The van der Waals surface area contributed by atoms with E-state index in [1.807, 2.05) is 13.0 Å². The molecule has 15 heavy (non-hydrogen) atoms. The second-order valence-corrected chi connectivity index (χ2v) is 2.51. The first kappa shape index (κ1) is 13.1. The number of para-hydroxylation sites is 1. The molecule has 0 saturated heterocycles. The van der Waals surface area contributed by atoms with Crippen molar-refractivity contribution in [2.45, 2.75) is 13.3 Å². The molecule has 1 rings (SSSR count). The maximum Gasteiger partial charge on any atom is 0.335 e. The molecule has 0 aliphatic carbocycles. The molecule has 1 aromatic carbocycles. The van der Waals surface area contributed by atoms with Gasteiger partial charge in [0, 0.05) is 12.5 Å². The zero-order valence-electron chi connectivity index (χ0n) is 8.68. The summed E-state index contributed by atoms with van der Waals surface area (Å²) in [6, 6.07) is 8.87. The molecule has 0 fully saturated rings. The highest BCUT2D eigenvalue weighted by Gasteiger charge is 1.95. The van der Waals surface area contributed by atoms with Crippen LogP contribution in [0.25, 0.3) is 0 Å². The lowest BCUT2D eigenvalue weighted by Gasteiger charge is -1.98. The molecule has 0 aliphatic heterocycles. The van der Waals surface area contributed by atoms with E-state index in [4.69, 9.17) is 4.74 Å². The zero-order chi connectivity index (χ0) is 11.5. The Morgan fingerprint density at radius 2 is 1.93 bits per heavy atom. The lowest BCUT2D eigenvalue weighted by Crippen LogP contribution is -2.02. The molecule has 80 valence electrons. The molecular formula is C12H14O3. The molecule has 3 heteroatoms. The topological polar surface area (TPSA) is 43.4 Å². The Labute approximate surface area is 89.4 Å². The van der Waals surface area contributed by atoms with Crippen LogP contribution >= 0.6 is 0 Å². The Kier molecular flexibility index (Phi) is 7.59. The molecule has 0 N–H and O–H groups in total. The van der Waals surface area contributed by atoms with Gasteiger partial charge in [-0.3, -0.25) is 0 Å². The molecule has 0 bridgehead atoms. The van der Waals surface area contributed by atoms with E-state index in [0.717, 1.165) is 12.4 Å². The van der Waals surface area contributed by atoms with Gasteiger partial charge in [-0.1, -0.05) is 31.7 Å². The van der Waals surface area contributed by atoms with E-state index in [0.29, 0.717) is 12.2 Å². The minimum absolute atomic E-state index is 0.434. The second-order valence-electron chi connectivity index (χ2n) is 2.51. The van der Waals surface area contributed by atoms with Gasteiger partial charge in [0.05, 0.1) is 0 Å². The molecule has 0 heterocycles. The molecule has 1 aromatic rings. The van der Waals surface area contributed by atoms with Gasteiger partial charge in [-0.05, 0) is 12.1 Å². The van der Waals surface area contributed by atoms with Crippen molar-refractivity contribution in [3.05, 3.63) is 43.0 Å². The van der Waals surface area contributed by atoms with Gasteiger partial charge in [0.2, 0.25) is 0 Å². The van der Waals surface area contributed by atoms with E-state index in [9.17, 15) is 9.59 Å². The fourth-order valence-corrected chi connectivity index (χ4v) is 0.646. The van der Waals surface area contributed by atoms with Crippen LogP contribution in [0, 0.1) is 0 Å². The van der Waals surface area contributed by atoms with Crippen molar-refractivity contribution in [1.82, 2.24) is 0 Å². The normalized spacial score (nSPS) is 8.07. The monoisotopic (exact) mass is 206 g/mol. The highest BCUT2D eigenvalue weighted by Crippen LogP contribution is 2.07.